The normalized spacial score (nSPS) is 10.4. The van der Waals surface area contributed by atoms with Gasteiger partial charge in [-0.15, -0.1) is 0 Å². The summed E-state index contributed by atoms with van der Waals surface area (Å²) < 4.78 is 0. The van der Waals surface area contributed by atoms with E-state index in [4.69, 9.17) is 34.8 Å². The molecule has 0 aliphatic carbocycles. The van der Waals surface area contributed by atoms with Crippen molar-refractivity contribution in [2.75, 3.05) is 11.9 Å². The maximum Gasteiger partial charge on any atom is 0.181 e. The van der Waals surface area contributed by atoms with Gasteiger partial charge < -0.3 is 15.5 Å². The van der Waals surface area contributed by atoms with E-state index in [-0.39, 0.29) is 29.4 Å². The summed E-state index contributed by atoms with van der Waals surface area (Å²) in [5, 5.41) is 22.4. The Bertz CT molecular complexity index is 704. The Hall–Kier alpha value is -1.62. The van der Waals surface area contributed by atoms with Crippen LogP contribution in [0.4, 0.5) is 5.69 Å². The Morgan fingerprint density at radius 3 is 2.29 bits per heavy atom. The third-order valence-corrected chi connectivity index (χ3v) is 3.78. The minimum absolute atomic E-state index is 0.0537. The van der Waals surface area contributed by atoms with Gasteiger partial charge in [0.1, 0.15) is 0 Å². The molecule has 110 valence electrons. The minimum atomic E-state index is -0.353. The highest BCUT2D eigenvalue weighted by Crippen LogP contribution is 2.32. The molecule has 0 saturated carbocycles. The predicted octanol–water partition coefficient (Wildman–Crippen LogP) is 4.35. The Balaban J connectivity index is 2.11. The molecule has 4 nitrogen and oxygen atoms in total. The first-order chi connectivity index (χ1) is 9.88. The van der Waals surface area contributed by atoms with Crippen molar-refractivity contribution in [1.82, 2.24) is 0 Å². The molecule has 2 aromatic carbocycles. The van der Waals surface area contributed by atoms with Gasteiger partial charge in [-0.25, -0.2) is 0 Å². The molecule has 0 fully saturated rings. The van der Waals surface area contributed by atoms with E-state index in [1.54, 1.807) is 0 Å². The molecule has 2 aromatic rings. The van der Waals surface area contributed by atoms with Crippen LogP contribution in [0, 0.1) is 0 Å². The van der Waals surface area contributed by atoms with Crippen molar-refractivity contribution in [2.45, 2.75) is 0 Å². The number of carbonyl (C=O) groups excluding carboxylic acids is 1. The van der Waals surface area contributed by atoms with Crippen molar-refractivity contribution in [2.24, 2.45) is 0 Å². The zero-order valence-electron chi connectivity index (χ0n) is 10.5. The van der Waals surface area contributed by atoms with Crippen LogP contribution < -0.4 is 5.32 Å². The number of benzene rings is 2. The molecule has 2 rings (SSSR count). The SMILES string of the molecule is O=C(CNc1cc(Cl)c(Cl)cc1Cl)c1ccc(O)c(O)c1. The predicted molar refractivity (Wildman–Crippen MR) is 84.1 cm³/mol. The molecule has 0 saturated heterocycles. The molecule has 0 unspecified atom stereocenters. The molecule has 0 aromatic heterocycles. The highest BCUT2D eigenvalue weighted by molar-refractivity contribution is 6.44. The number of anilines is 1. The second kappa shape index (κ2) is 6.43. The van der Waals surface area contributed by atoms with E-state index in [0.29, 0.717) is 20.8 Å². The highest BCUT2D eigenvalue weighted by Gasteiger charge is 2.11. The van der Waals surface area contributed by atoms with E-state index >= 15 is 0 Å². The lowest BCUT2D eigenvalue weighted by Gasteiger charge is -2.09. The topological polar surface area (TPSA) is 69.6 Å². The first-order valence-electron chi connectivity index (χ1n) is 5.82. The summed E-state index contributed by atoms with van der Waals surface area (Å²) in [5.74, 6) is -0.923. The van der Waals surface area contributed by atoms with Crippen LogP contribution in [0.15, 0.2) is 30.3 Å². The minimum Gasteiger partial charge on any atom is -0.504 e. The van der Waals surface area contributed by atoms with Crippen LogP contribution in [0.25, 0.3) is 0 Å². The molecule has 0 amide bonds. The van der Waals surface area contributed by atoms with Gasteiger partial charge in [0.05, 0.1) is 27.3 Å². The van der Waals surface area contributed by atoms with Gasteiger partial charge in [-0.1, -0.05) is 34.8 Å². The van der Waals surface area contributed by atoms with Gasteiger partial charge in [0.15, 0.2) is 17.3 Å². The molecule has 0 spiro atoms. The highest BCUT2D eigenvalue weighted by atomic mass is 35.5. The van der Waals surface area contributed by atoms with Crippen LogP contribution in [-0.4, -0.2) is 22.5 Å². The van der Waals surface area contributed by atoms with Crippen LogP contribution in [-0.2, 0) is 0 Å². The van der Waals surface area contributed by atoms with E-state index in [0.717, 1.165) is 0 Å². The van der Waals surface area contributed by atoms with Gasteiger partial charge >= 0.3 is 0 Å². The molecule has 0 radical (unpaired) electrons. The summed E-state index contributed by atoms with van der Waals surface area (Å²) in [7, 11) is 0. The molecule has 0 heterocycles. The molecule has 7 heteroatoms. The summed E-state index contributed by atoms with van der Waals surface area (Å²) in [6, 6.07) is 6.85. The van der Waals surface area contributed by atoms with Crippen LogP contribution >= 0.6 is 34.8 Å². The molecular weight excluding hydrogens is 337 g/mol. The zero-order valence-corrected chi connectivity index (χ0v) is 12.8. The average Bonchev–Trinajstić information content (AvgIpc) is 2.44. The summed E-state index contributed by atoms with van der Waals surface area (Å²) in [4.78, 5) is 12.0. The molecular formula is C14H10Cl3NO3. The smallest absolute Gasteiger partial charge is 0.181 e. The summed E-state index contributed by atoms with van der Waals surface area (Å²) >= 11 is 17.7. The van der Waals surface area contributed by atoms with Crippen LogP contribution in [0.2, 0.25) is 15.1 Å². The van der Waals surface area contributed by atoms with Crippen molar-refractivity contribution in [3.63, 3.8) is 0 Å². The molecule has 3 N–H and O–H groups in total. The Labute approximate surface area is 135 Å². The van der Waals surface area contributed by atoms with Gasteiger partial charge in [0.25, 0.3) is 0 Å². The van der Waals surface area contributed by atoms with Gasteiger partial charge in [-0.05, 0) is 30.3 Å². The number of phenols is 2. The first kappa shape index (κ1) is 15.8. The second-order valence-corrected chi connectivity index (χ2v) is 5.45. The van der Waals surface area contributed by atoms with Crippen LogP contribution in [0.1, 0.15) is 10.4 Å². The lowest BCUT2D eigenvalue weighted by molar-refractivity contribution is 0.101. The van der Waals surface area contributed by atoms with Crippen LogP contribution in [0.5, 0.6) is 11.5 Å². The Kier molecular flexibility index (Phi) is 4.83. The van der Waals surface area contributed by atoms with Gasteiger partial charge in [-0.3, -0.25) is 4.79 Å². The maximum absolute atomic E-state index is 12.0. The number of hydrogen-bond donors (Lipinski definition) is 3. The van der Waals surface area contributed by atoms with Crippen molar-refractivity contribution < 1.29 is 15.0 Å². The lowest BCUT2D eigenvalue weighted by Crippen LogP contribution is -2.14. The quantitative estimate of drug-likeness (QED) is 0.437. The van der Waals surface area contributed by atoms with E-state index in [9.17, 15) is 15.0 Å². The molecule has 0 aliphatic heterocycles. The lowest BCUT2D eigenvalue weighted by atomic mass is 10.1. The van der Waals surface area contributed by atoms with Crippen molar-refractivity contribution in [1.29, 1.82) is 0 Å². The molecule has 0 bridgehead atoms. The summed E-state index contributed by atoms with van der Waals surface area (Å²) in [6.45, 7) is -0.0537. The standard InChI is InChI=1S/C14H10Cl3NO3/c15-8-4-10(17)11(5-9(8)16)18-6-14(21)7-1-2-12(19)13(20)3-7/h1-5,18-20H,6H2. The Morgan fingerprint density at radius 2 is 1.62 bits per heavy atom. The average molecular weight is 347 g/mol. The molecule has 0 aliphatic rings. The third kappa shape index (κ3) is 3.73. The summed E-state index contributed by atoms with van der Waals surface area (Å²) in [5.41, 5.74) is 0.733. The number of halogens is 3. The van der Waals surface area contributed by atoms with E-state index in [1.807, 2.05) is 0 Å². The number of aromatic hydroxyl groups is 2. The number of nitrogens with one attached hydrogen (secondary N) is 1. The summed E-state index contributed by atoms with van der Waals surface area (Å²) in [6.07, 6.45) is 0. The Morgan fingerprint density at radius 1 is 0.952 bits per heavy atom. The van der Waals surface area contributed by atoms with E-state index < -0.39 is 0 Å². The van der Waals surface area contributed by atoms with E-state index in [1.165, 1.54) is 30.3 Å². The van der Waals surface area contributed by atoms with Crippen molar-refractivity contribution in [3.8, 4) is 11.5 Å². The van der Waals surface area contributed by atoms with Gasteiger partial charge in [0.2, 0.25) is 0 Å². The van der Waals surface area contributed by atoms with Crippen molar-refractivity contribution >= 4 is 46.3 Å². The number of hydrogen-bond acceptors (Lipinski definition) is 4. The second-order valence-electron chi connectivity index (χ2n) is 4.23. The number of carbonyl (C=O) groups is 1. The largest absolute Gasteiger partial charge is 0.504 e. The first-order valence-corrected chi connectivity index (χ1v) is 6.95. The van der Waals surface area contributed by atoms with Gasteiger partial charge in [0, 0.05) is 5.56 Å². The maximum atomic E-state index is 12.0. The van der Waals surface area contributed by atoms with Crippen LogP contribution in [0.3, 0.4) is 0 Å². The fraction of sp³-hybridized carbons (Fsp3) is 0.0714. The number of rotatable bonds is 4. The monoisotopic (exact) mass is 345 g/mol. The zero-order chi connectivity index (χ0) is 15.6. The number of phenolic OH excluding ortho intramolecular Hbond substituents is 2. The molecule has 21 heavy (non-hydrogen) atoms. The molecule has 0 atom stereocenters. The van der Waals surface area contributed by atoms with Crippen molar-refractivity contribution in [3.05, 3.63) is 51.0 Å². The fourth-order valence-electron chi connectivity index (χ4n) is 1.63. The third-order valence-electron chi connectivity index (χ3n) is 2.75. The van der Waals surface area contributed by atoms with Gasteiger partial charge in [-0.2, -0.15) is 0 Å². The number of Topliss-reactive ketones (excluding diaryl/α,β-unsaturated/α-hetero) is 1. The fourth-order valence-corrected chi connectivity index (χ4v) is 2.25. The van der Waals surface area contributed by atoms with E-state index in [2.05, 4.69) is 5.32 Å². The number of ketones is 1.